The summed E-state index contributed by atoms with van der Waals surface area (Å²) in [7, 11) is 0. The van der Waals surface area contributed by atoms with Crippen LogP contribution in [0.15, 0.2) is 41.8 Å². The molecule has 1 saturated carbocycles. The third kappa shape index (κ3) is 5.63. The van der Waals surface area contributed by atoms with Gasteiger partial charge in [0.1, 0.15) is 0 Å². The van der Waals surface area contributed by atoms with Gasteiger partial charge in [0, 0.05) is 48.9 Å². The first-order valence-corrected chi connectivity index (χ1v) is 12.0. The third-order valence-corrected chi connectivity index (χ3v) is 7.18. The Bertz CT molecular complexity index is 821. The summed E-state index contributed by atoms with van der Waals surface area (Å²) in [5.74, 6) is 1.11. The van der Waals surface area contributed by atoms with Crippen LogP contribution in [0.5, 0.6) is 0 Å². The lowest BCUT2D eigenvalue weighted by Crippen LogP contribution is -2.48. The number of nitrogens with one attached hydrogen (secondary N) is 1. The van der Waals surface area contributed by atoms with Gasteiger partial charge in [0.05, 0.1) is 6.42 Å². The van der Waals surface area contributed by atoms with Gasteiger partial charge in [0.15, 0.2) is 0 Å². The van der Waals surface area contributed by atoms with E-state index >= 15 is 0 Å². The van der Waals surface area contributed by atoms with Crippen LogP contribution in [0.25, 0.3) is 0 Å². The van der Waals surface area contributed by atoms with E-state index in [1.54, 1.807) is 11.3 Å². The predicted molar refractivity (Wildman–Crippen MR) is 123 cm³/mol. The summed E-state index contributed by atoms with van der Waals surface area (Å²) in [5.41, 5.74) is 1.96. The standard InChI is InChI=1S/C24H31N3O2S/c28-23(18-22-6-3-17-30-22)25-20-8-10-21(11-9-20)26-13-15-27(16-14-26)24(29)12-7-19-4-1-2-5-19/h3,6,8-11,17,19H,1-2,4-5,7,12-16,18H2,(H,25,28). The first-order valence-electron chi connectivity index (χ1n) is 11.1. The minimum atomic E-state index is 0.00919. The molecule has 2 fully saturated rings. The Morgan fingerprint density at radius 2 is 1.73 bits per heavy atom. The van der Waals surface area contributed by atoms with E-state index in [9.17, 15) is 9.59 Å². The third-order valence-electron chi connectivity index (χ3n) is 6.30. The van der Waals surface area contributed by atoms with Crippen LogP contribution < -0.4 is 10.2 Å². The Hall–Kier alpha value is -2.34. The second-order valence-electron chi connectivity index (χ2n) is 8.41. The first-order chi connectivity index (χ1) is 14.7. The van der Waals surface area contributed by atoms with Gasteiger partial charge in [0.2, 0.25) is 11.8 Å². The molecule has 1 aromatic carbocycles. The highest BCUT2D eigenvalue weighted by atomic mass is 32.1. The van der Waals surface area contributed by atoms with Crippen LogP contribution in [0.4, 0.5) is 11.4 Å². The number of anilines is 2. The lowest BCUT2D eigenvalue weighted by atomic mass is 10.0. The molecule has 0 spiro atoms. The topological polar surface area (TPSA) is 52.7 Å². The number of hydrogen-bond acceptors (Lipinski definition) is 4. The highest BCUT2D eigenvalue weighted by Gasteiger charge is 2.23. The molecule has 0 radical (unpaired) electrons. The molecule has 4 rings (SSSR count). The van der Waals surface area contributed by atoms with Crippen molar-refractivity contribution < 1.29 is 9.59 Å². The zero-order valence-corrected chi connectivity index (χ0v) is 18.3. The largest absolute Gasteiger partial charge is 0.368 e. The van der Waals surface area contributed by atoms with Crippen molar-refractivity contribution in [3.63, 3.8) is 0 Å². The fraction of sp³-hybridized carbons (Fsp3) is 0.500. The van der Waals surface area contributed by atoms with Crippen LogP contribution in [0.1, 0.15) is 43.4 Å². The van der Waals surface area contributed by atoms with Gasteiger partial charge in [-0.2, -0.15) is 0 Å². The van der Waals surface area contributed by atoms with Crippen LogP contribution in [-0.4, -0.2) is 42.9 Å². The first kappa shape index (κ1) is 20.9. The molecular formula is C24H31N3O2S. The number of rotatable bonds is 7. The molecule has 1 aliphatic carbocycles. The lowest BCUT2D eigenvalue weighted by molar-refractivity contribution is -0.131. The molecule has 2 aromatic rings. The number of carbonyl (C=O) groups is 2. The molecule has 6 heteroatoms. The SMILES string of the molecule is O=C(Cc1cccs1)Nc1ccc(N2CCN(C(=O)CCC3CCCC3)CC2)cc1. The number of benzene rings is 1. The van der Waals surface area contributed by atoms with Crippen LogP contribution in [0.3, 0.4) is 0 Å². The average Bonchev–Trinajstić information content (AvgIpc) is 3.47. The van der Waals surface area contributed by atoms with Gasteiger partial charge in [-0.05, 0) is 48.1 Å². The molecule has 0 bridgehead atoms. The minimum Gasteiger partial charge on any atom is -0.368 e. The van der Waals surface area contributed by atoms with E-state index in [1.165, 1.54) is 25.7 Å². The molecular weight excluding hydrogens is 394 g/mol. The van der Waals surface area contributed by atoms with Crippen LogP contribution in [0.2, 0.25) is 0 Å². The van der Waals surface area contributed by atoms with E-state index in [0.717, 1.165) is 54.8 Å². The molecule has 1 aliphatic heterocycles. The number of hydrogen-bond donors (Lipinski definition) is 1. The minimum absolute atomic E-state index is 0.00919. The molecule has 1 aromatic heterocycles. The Labute approximate surface area is 183 Å². The zero-order valence-electron chi connectivity index (χ0n) is 17.5. The summed E-state index contributed by atoms with van der Waals surface area (Å²) in [6, 6.07) is 12.0. The van der Waals surface area contributed by atoms with Gasteiger partial charge in [-0.25, -0.2) is 0 Å². The van der Waals surface area contributed by atoms with Crippen molar-refractivity contribution in [3.05, 3.63) is 46.7 Å². The Morgan fingerprint density at radius 3 is 2.40 bits per heavy atom. The number of carbonyl (C=O) groups excluding carboxylic acids is 2. The van der Waals surface area contributed by atoms with Gasteiger partial charge in [-0.3, -0.25) is 9.59 Å². The fourth-order valence-electron chi connectivity index (χ4n) is 4.53. The number of piperazine rings is 1. The van der Waals surface area contributed by atoms with Crippen molar-refractivity contribution in [2.24, 2.45) is 5.92 Å². The summed E-state index contributed by atoms with van der Waals surface area (Å²) in [6.07, 6.45) is 7.50. The van der Waals surface area contributed by atoms with Crippen molar-refractivity contribution >= 4 is 34.5 Å². The van der Waals surface area contributed by atoms with Gasteiger partial charge >= 0.3 is 0 Å². The van der Waals surface area contributed by atoms with E-state index in [1.807, 2.05) is 34.5 Å². The Kier molecular flexibility index (Phi) is 7.05. The molecule has 1 saturated heterocycles. The molecule has 30 heavy (non-hydrogen) atoms. The van der Waals surface area contributed by atoms with E-state index < -0.39 is 0 Å². The van der Waals surface area contributed by atoms with Gasteiger partial charge < -0.3 is 15.1 Å². The van der Waals surface area contributed by atoms with Gasteiger partial charge in [-0.1, -0.05) is 31.7 Å². The van der Waals surface area contributed by atoms with E-state index in [2.05, 4.69) is 22.3 Å². The highest BCUT2D eigenvalue weighted by Crippen LogP contribution is 2.29. The molecule has 1 N–H and O–H groups in total. The van der Waals surface area contributed by atoms with Crippen molar-refractivity contribution in [3.8, 4) is 0 Å². The summed E-state index contributed by atoms with van der Waals surface area (Å²) >= 11 is 1.60. The summed E-state index contributed by atoms with van der Waals surface area (Å²) in [6.45, 7) is 3.31. The zero-order chi connectivity index (χ0) is 20.8. The van der Waals surface area contributed by atoms with Crippen LogP contribution in [0, 0.1) is 5.92 Å². The molecule has 5 nitrogen and oxygen atoms in total. The monoisotopic (exact) mass is 425 g/mol. The molecule has 2 amide bonds. The lowest BCUT2D eigenvalue weighted by Gasteiger charge is -2.36. The maximum absolute atomic E-state index is 12.5. The number of amides is 2. The van der Waals surface area contributed by atoms with E-state index in [4.69, 9.17) is 0 Å². The van der Waals surface area contributed by atoms with Crippen LogP contribution in [-0.2, 0) is 16.0 Å². The molecule has 0 atom stereocenters. The molecule has 160 valence electrons. The average molecular weight is 426 g/mol. The number of nitrogens with zero attached hydrogens (tertiary/aromatic N) is 2. The van der Waals surface area contributed by atoms with Gasteiger partial charge in [-0.15, -0.1) is 11.3 Å². The van der Waals surface area contributed by atoms with Gasteiger partial charge in [0.25, 0.3) is 0 Å². The van der Waals surface area contributed by atoms with Crippen molar-refractivity contribution in [1.82, 2.24) is 4.90 Å². The normalized spacial score (nSPS) is 17.3. The molecule has 0 unspecified atom stereocenters. The Morgan fingerprint density at radius 1 is 1.00 bits per heavy atom. The fourth-order valence-corrected chi connectivity index (χ4v) is 5.23. The number of thiophene rings is 1. The highest BCUT2D eigenvalue weighted by molar-refractivity contribution is 7.10. The maximum Gasteiger partial charge on any atom is 0.229 e. The Balaban J connectivity index is 1.21. The second kappa shape index (κ2) is 10.1. The van der Waals surface area contributed by atoms with Crippen molar-refractivity contribution in [2.75, 3.05) is 36.4 Å². The molecule has 2 aliphatic rings. The van der Waals surface area contributed by atoms with Crippen LogP contribution >= 0.6 is 11.3 Å². The second-order valence-corrected chi connectivity index (χ2v) is 9.44. The quantitative estimate of drug-likeness (QED) is 0.708. The summed E-state index contributed by atoms with van der Waals surface area (Å²) in [4.78, 5) is 30.1. The summed E-state index contributed by atoms with van der Waals surface area (Å²) in [5, 5.41) is 4.95. The predicted octanol–water partition coefficient (Wildman–Crippen LogP) is 4.55. The molecule has 2 heterocycles. The van der Waals surface area contributed by atoms with E-state index in [0.29, 0.717) is 18.7 Å². The van der Waals surface area contributed by atoms with Crippen molar-refractivity contribution in [2.45, 2.75) is 44.9 Å². The summed E-state index contributed by atoms with van der Waals surface area (Å²) < 4.78 is 0. The van der Waals surface area contributed by atoms with Crippen molar-refractivity contribution in [1.29, 1.82) is 0 Å². The van der Waals surface area contributed by atoms with E-state index in [-0.39, 0.29) is 5.91 Å². The maximum atomic E-state index is 12.5. The smallest absolute Gasteiger partial charge is 0.229 e.